The van der Waals surface area contributed by atoms with Gasteiger partial charge in [0.25, 0.3) is 0 Å². The van der Waals surface area contributed by atoms with Gasteiger partial charge >= 0.3 is 0 Å². The van der Waals surface area contributed by atoms with Gasteiger partial charge in [-0.25, -0.2) is 0 Å². The molecule has 116 valence electrons. The first-order chi connectivity index (χ1) is 10.3. The molecule has 0 saturated carbocycles. The minimum Gasteiger partial charge on any atom is -0.495 e. The highest BCUT2D eigenvalue weighted by atomic mass is 79.9. The Morgan fingerprint density at radius 3 is 2.71 bits per heavy atom. The van der Waals surface area contributed by atoms with Gasteiger partial charge in [0.2, 0.25) is 0 Å². The lowest BCUT2D eigenvalue weighted by atomic mass is 9.88. The van der Waals surface area contributed by atoms with Gasteiger partial charge in [0, 0.05) is 0 Å². The summed E-state index contributed by atoms with van der Waals surface area (Å²) < 4.78 is 6.99. The van der Waals surface area contributed by atoms with E-state index in [9.17, 15) is 0 Å². The van der Waals surface area contributed by atoms with E-state index < -0.39 is 0 Å². The van der Waals surface area contributed by atoms with E-state index in [1.807, 2.05) is 7.11 Å². The lowest BCUT2D eigenvalue weighted by molar-refractivity contribution is 0.360. The maximum Gasteiger partial charge on any atom is 0.136 e. The van der Waals surface area contributed by atoms with Gasteiger partial charge in [-0.05, 0) is 96.6 Å². The Labute approximate surface area is 136 Å². The van der Waals surface area contributed by atoms with Crippen molar-refractivity contribution in [2.45, 2.75) is 51.4 Å². The number of methoxy groups -OCH3 is 1. The van der Waals surface area contributed by atoms with Crippen LogP contribution in [-0.2, 0) is 19.3 Å². The molecule has 0 aromatic heterocycles. The van der Waals surface area contributed by atoms with E-state index in [1.165, 1.54) is 73.6 Å². The summed E-state index contributed by atoms with van der Waals surface area (Å²) in [7, 11) is 1.81. The lowest BCUT2D eigenvalue weighted by Gasteiger charge is -2.25. The quantitative estimate of drug-likeness (QED) is 0.821. The molecule has 1 heterocycles. The van der Waals surface area contributed by atoms with Crippen LogP contribution < -0.4 is 10.1 Å². The number of halogens is 1. The molecule has 2 aliphatic rings. The standard InChI is InChI=1S/C18H26BrNO/c1-21-18-15(11-13-7-9-20-10-8-13)12-14-5-3-2-4-6-16(14)17(18)19/h12-13,20H,2-11H2,1H3. The number of fused-ring (bicyclic) bond motifs is 1. The average Bonchev–Trinajstić information content (AvgIpc) is 2.74. The van der Waals surface area contributed by atoms with Gasteiger partial charge in [0.15, 0.2) is 0 Å². The van der Waals surface area contributed by atoms with Crippen LogP contribution in [0.4, 0.5) is 0 Å². The van der Waals surface area contributed by atoms with Crippen molar-refractivity contribution < 1.29 is 4.74 Å². The number of aryl methyl sites for hydroxylation is 1. The Balaban J connectivity index is 1.91. The molecular formula is C18H26BrNO. The molecule has 3 heteroatoms. The summed E-state index contributed by atoms with van der Waals surface area (Å²) in [5.41, 5.74) is 4.47. The predicted molar refractivity (Wildman–Crippen MR) is 91.3 cm³/mol. The van der Waals surface area contributed by atoms with E-state index in [-0.39, 0.29) is 0 Å². The zero-order chi connectivity index (χ0) is 14.7. The van der Waals surface area contributed by atoms with Crippen LogP contribution >= 0.6 is 15.9 Å². The number of ether oxygens (including phenoxy) is 1. The molecule has 0 amide bonds. The summed E-state index contributed by atoms with van der Waals surface area (Å²) in [4.78, 5) is 0. The highest BCUT2D eigenvalue weighted by Crippen LogP contribution is 2.39. The predicted octanol–water partition coefficient (Wildman–Crippen LogP) is 4.27. The number of rotatable bonds is 3. The first kappa shape index (κ1) is 15.4. The van der Waals surface area contributed by atoms with Gasteiger partial charge < -0.3 is 10.1 Å². The number of hydrogen-bond donors (Lipinski definition) is 1. The first-order valence-corrected chi connectivity index (χ1v) is 9.16. The van der Waals surface area contributed by atoms with Gasteiger partial charge in [-0.15, -0.1) is 0 Å². The molecule has 1 aromatic rings. The van der Waals surface area contributed by atoms with Gasteiger partial charge in [-0.2, -0.15) is 0 Å². The number of benzene rings is 1. The zero-order valence-electron chi connectivity index (χ0n) is 13.0. The molecule has 2 nitrogen and oxygen atoms in total. The Morgan fingerprint density at radius 1 is 1.19 bits per heavy atom. The third kappa shape index (κ3) is 3.45. The maximum atomic E-state index is 5.76. The molecule has 1 aliphatic heterocycles. The van der Waals surface area contributed by atoms with Crippen LogP contribution in [-0.4, -0.2) is 20.2 Å². The van der Waals surface area contributed by atoms with Crippen molar-refractivity contribution >= 4 is 15.9 Å². The van der Waals surface area contributed by atoms with Crippen LogP contribution in [0.25, 0.3) is 0 Å². The van der Waals surface area contributed by atoms with E-state index in [2.05, 4.69) is 27.3 Å². The molecule has 3 rings (SSSR count). The van der Waals surface area contributed by atoms with Crippen LogP contribution in [0.2, 0.25) is 0 Å². The fraction of sp³-hybridized carbons (Fsp3) is 0.667. The monoisotopic (exact) mass is 351 g/mol. The molecule has 21 heavy (non-hydrogen) atoms. The second-order valence-corrected chi connectivity index (χ2v) is 7.27. The Kier molecular flexibility index (Phi) is 5.23. The maximum absolute atomic E-state index is 5.76. The van der Waals surface area contributed by atoms with Gasteiger partial charge in [0.05, 0.1) is 11.6 Å². The van der Waals surface area contributed by atoms with Crippen molar-refractivity contribution in [1.29, 1.82) is 0 Å². The molecular weight excluding hydrogens is 326 g/mol. The molecule has 1 aliphatic carbocycles. The Hall–Kier alpha value is -0.540. The number of nitrogens with one attached hydrogen (secondary N) is 1. The van der Waals surface area contributed by atoms with Crippen LogP contribution in [0.1, 0.15) is 48.8 Å². The average molecular weight is 352 g/mol. The molecule has 0 atom stereocenters. The summed E-state index contributed by atoms with van der Waals surface area (Å²) in [5.74, 6) is 1.89. The van der Waals surface area contributed by atoms with E-state index in [4.69, 9.17) is 4.74 Å². The van der Waals surface area contributed by atoms with E-state index in [1.54, 1.807) is 5.56 Å². The lowest BCUT2D eigenvalue weighted by Crippen LogP contribution is -2.28. The van der Waals surface area contributed by atoms with Crippen molar-refractivity contribution in [1.82, 2.24) is 5.32 Å². The largest absolute Gasteiger partial charge is 0.495 e. The molecule has 1 N–H and O–H groups in total. The number of piperidine rings is 1. The zero-order valence-corrected chi connectivity index (χ0v) is 14.6. The van der Waals surface area contributed by atoms with Crippen LogP contribution in [0, 0.1) is 5.92 Å². The normalized spacial score (nSPS) is 19.9. The van der Waals surface area contributed by atoms with Crippen molar-refractivity contribution in [2.75, 3.05) is 20.2 Å². The highest BCUT2D eigenvalue weighted by Gasteiger charge is 2.21. The van der Waals surface area contributed by atoms with Gasteiger partial charge in [-0.1, -0.05) is 12.5 Å². The fourth-order valence-corrected chi connectivity index (χ4v) is 4.71. The second kappa shape index (κ2) is 7.15. The van der Waals surface area contributed by atoms with Gasteiger partial charge in [0.1, 0.15) is 5.75 Å². The molecule has 1 fully saturated rings. The Morgan fingerprint density at radius 2 is 1.95 bits per heavy atom. The molecule has 1 aromatic carbocycles. The summed E-state index contributed by atoms with van der Waals surface area (Å²) in [6, 6.07) is 2.45. The van der Waals surface area contributed by atoms with E-state index in [0.29, 0.717) is 0 Å². The van der Waals surface area contributed by atoms with E-state index >= 15 is 0 Å². The fourth-order valence-electron chi connectivity index (χ4n) is 3.84. The topological polar surface area (TPSA) is 21.3 Å². The highest BCUT2D eigenvalue weighted by molar-refractivity contribution is 9.10. The molecule has 0 unspecified atom stereocenters. The molecule has 1 saturated heterocycles. The first-order valence-electron chi connectivity index (χ1n) is 8.37. The molecule has 0 spiro atoms. The number of hydrogen-bond acceptors (Lipinski definition) is 2. The van der Waals surface area contributed by atoms with Crippen LogP contribution in [0.5, 0.6) is 5.75 Å². The van der Waals surface area contributed by atoms with Crippen LogP contribution in [0.3, 0.4) is 0 Å². The smallest absolute Gasteiger partial charge is 0.136 e. The van der Waals surface area contributed by atoms with Gasteiger partial charge in [-0.3, -0.25) is 0 Å². The molecule has 0 bridgehead atoms. The molecule has 0 radical (unpaired) electrons. The second-order valence-electron chi connectivity index (χ2n) is 6.48. The van der Waals surface area contributed by atoms with Crippen molar-refractivity contribution in [3.05, 3.63) is 27.2 Å². The third-order valence-corrected chi connectivity index (χ3v) is 5.88. The van der Waals surface area contributed by atoms with Crippen LogP contribution in [0.15, 0.2) is 10.5 Å². The summed E-state index contributed by atoms with van der Waals surface area (Å²) in [6.45, 7) is 2.33. The van der Waals surface area contributed by atoms with E-state index in [0.717, 1.165) is 18.1 Å². The minimum absolute atomic E-state index is 0.802. The summed E-state index contributed by atoms with van der Waals surface area (Å²) >= 11 is 3.84. The Bertz CT molecular complexity index is 494. The SMILES string of the molecule is COc1c(CC2CCNCC2)cc2c(c1Br)CCCCC2. The third-order valence-electron chi connectivity index (χ3n) is 5.04. The summed E-state index contributed by atoms with van der Waals surface area (Å²) in [6.07, 6.45) is 10.2. The minimum atomic E-state index is 0.802. The van der Waals surface area contributed by atoms with Crippen molar-refractivity contribution in [3.8, 4) is 5.75 Å². The van der Waals surface area contributed by atoms with Crippen molar-refractivity contribution in [3.63, 3.8) is 0 Å². The summed E-state index contributed by atoms with van der Waals surface area (Å²) in [5, 5.41) is 3.46. The van der Waals surface area contributed by atoms with Crippen molar-refractivity contribution in [2.24, 2.45) is 5.92 Å².